The van der Waals surface area contributed by atoms with Gasteiger partial charge in [-0.1, -0.05) is 66.5 Å². The lowest BCUT2D eigenvalue weighted by Crippen LogP contribution is -2.14. The number of alkyl halides is 3. The summed E-state index contributed by atoms with van der Waals surface area (Å²) >= 11 is 12.4. The van der Waals surface area contributed by atoms with E-state index in [0.29, 0.717) is 15.8 Å². The number of benzene rings is 4. The Kier molecular flexibility index (Phi) is 8.80. The second-order valence-electron chi connectivity index (χ2n) is 9.71. The maximum atomic E-state index is 13.3. The van der Waals surface area contributed by atoms with Gasteiger partial charge in [0.25, 0.3) is 0 Å². The van der Waals surface area contributed by atoms with E-state index < -0.39 is 23.3 Å². The van der Waals surface area contributed by atoms with E-state index in [2.05, 4.69) is 33.8 Å². The standard InChI is InChI=1S/C33H25Cl2F3N2O3/c1-3-25(31-39-18-30(40-31)26-14-10-22(34)16-29(26)35)21-6-4-19(5-7-21)20-8-11-23(12-9-20)43-24-13-15-28(33(36,37)38)27(17-24)32(41)42-2/h4-18,25H,3H2,1-2H3,(H,39,40). The van der Waals surface area contributed by atoms with E-state index in [9.17, 15) is 18.0 Å². The van der Waals surface area contributed by atoms with Crippen molar-refractivity contribution in [2.24, 2.45) is 0 Å². The molecule has 0 aliphatic rings. The van der Waals surface area contributed by atoms with Crippen LogP contribution in [0.15, 0.2) is 91.1 Å². The van der Waals surface area contributed by atoms with Gasteiger partial charge in [0.2, 0.25) is 0 Å². The van der Waals surface area contributed by atoms with Crippen LogP contribution in [0.2, 0.25) is 10.0 Å². The van der Waals surface area contributed by atoms with Crippen molar-refractivity contribution in [2.75, 3.05) is 7.11 Å². The number of nitrogens with one attached hydrogen (secondary N) is 1. The van der Waals surface area contributed by atoms with Crippen molar-refractivity contribution in [1.29, 1.82) is 0 Å². The van der Waals surface area contributed by atoms with Gasteiger partial charge in [0.05, 0.1) is 35.2 Å². The van der Waals surface area contributed by atoms with Crippen molar-refractivity contribution in [3.8, 4) is 33.9 Å². The molecule has 5 nitrogen and oxygen atoms in total. The summed E-state index contributed by atoms with van der Waals surface area (Å²) in [4.78, 5) is 20.0. The highest BCUT2D eigenvalue weighted by molar-refractivity contribution is 6.36. The van der Waals surface area contributed by atoms with Gasteiger partial charge in [-0.15, -0.1) is 0 Å². The lowest BCUT2D eigenvalue weighted by Gasteiger charge is -2.14. The number of imidazole rings is 1. The summed E-state index contributed by atoms with van der Waals surface area (Å²) in [7, 11) is 1.02. The number of carbonyl (C=O) groups excluding carboxylic acids is 1. The van der Waals surface area contributed by atoms with Crippen LogP contribution in [0.25, 0.3) is 22.4 Å². The van der Waals surface area contributed by atoms with Crippen LogP contribution in [0.1, 0.15) is 46.6 Å². The zero-order chi connectivity index (χ0) is 30.7. The van der Waals surface area contributed by atoms with Crippen molar-refractivity contribution in [2.45, 2.75) is 25.4 Å². The molecule has 0 saturated heterocycles. The van der Waals surface area contributed by atoms with Gasteiger partial charge in [-0.3, -0.25) is 0 Å². The largest absolute Gasteiger partial charge is 0.465 e. The molecular weight excluding hydrogens is 600 g/mol. The molecule has 220 valence electrons. The molecule has 5 rings (SSSR count). The topological polar surface area (TPSA) is 64.2 Å². The van der Waals surface area contributed by atoms with Crippen LogP contribution < -0.4 is 4.74 Å². The number of nitrogens with zero attached hydrogens (tertiary/aromatic N) is 1. The first-order valence-corrected chi connectivity index (χ1v) is 14.0. The van der Waals surface area contributed by atoms with Crippen LogP contribution in [0.3, 0.4) is 0 Å². The Morgan fingerprint density at radius 3 is 2.16 bits per heavy atom. The molecular formula is C33H25Cl2F3N2O3. The van der Waals surface area contributed by atoms with Crippen molar-refractivity contribution < 1.29 is 27.4 Å². The molecule has 4 aromatic carbocycles. The molecule has 0 bridgehead atoms. The maximum Gasteiger partial charge on any atom is 0.417 e. The molecule has 10 heteroatoms. The Balaban J connectivity index is 1.31. The zero-order valence-corrected chi connectivity index (χ0v) is 24.5. The molecule has 1 unspecified atom stereocenters. The average molecular weight is 625 g/mol. The number of ether oxygens (including phenoxy) is 2. The number of aromatic nitrogens is 2. The van der Waals surface area contributed by atoms with E-state index in [1.54, 1.807) is 30.5 Å². The lowest BCUT2D eigenvalue weighted by atomic mass is 9.93. The Morgan fingerprint density at radius 1 is 0.907 bits per heavy atom. The van der Waals surface area contributed by atoms with Gasteiger partial charge in [0.15, 0.2) is 0 Å². The minimum absolute atomic E-state index is 0.0447. The molecule has 0 aliphatic carbocycles. The number of hydrogen-bond acceptors (Lipinski definition) is 4. The van der Waals surface area contributed by atoms with Gasteiger partial charge in [0, 0.05) is 16.5 Å². The minimum Gasteiger partial charge on any atom is -0.465 e. The minimum atomic E-state index is -4.71. The highest BCUT2D eigenvalue weighted by Crippen LogP contribution is 2.36. The van der Waals surface area contributed by atoms with Gasteiger partial charge in [-0.05, 0) is 71.6 Å². The summed E-state index contributed by atoms with van der Waals surface area (Å²) in [6, 6.07) is 23.6. The summed E-state index contributed by atoms with van der Waals surface area (Å²) in [5.74, 6) is 0.256. The SMILES string of the molecule is CCC(c1ccc(-c2ccc(Oc3ccc(C(F)(F)F)c(C(=O)OC)c3)cc2)cc1)c1ncc(-c2ccc(Cl)cc2Cl)[nH]1. The van der Waals surface area contributed by atoms with E-state index >= 15 is 0 Å². The Morgan fingerprint density at radius 2 is 1.56 bits per heavy atom. The molecule has 1 heterocycles. The summed E-state index contributed by atoms with van der Waals surface area (Å²) in [6.07, 6.45) is -2.11. The van der Waals surface area contributed by atoms with Crippen LogP contribution >= 0.6 is 23.2 Å². The molecule has 0 spiro atoms. The van der Waals surface area contributed by atoms with Crippen LogP contribution in [-0.2, 0) is 10.9 Å². The molecule has 0 amide bonds. The summed E-state index contributed by atoms with van der Waals surface area (Å²) in [5, 5.41) is 1.11. The normalized spacial score (nSPS) is 12.2. The number of halogens is 5. The fourth-order valence-electron chi connectivity index (χ4n) is 4.82. The van der Waals surface area contributed by atoms with Crippen LogP contribution in [0.5, 0.6) is 11.5 Å². The zero-order valence-electron chi connectivity index (χ0n) is 23.0. The van der Waals surface area contributed by atoms with Gasteiger partial charge in [-0.25, -0.2) is 9.78 Å². The molecule has 1 atom stereocenters. The van der Waals surface area contributed by atoms with Gasteiger partial charge in [0.1, 0.15) is 17.3 Å². The number of rotatable bonds is 8. The number of carbonyl (C=O) groups is 1. The molecule has 5 aromatic rings. The third-order valence-electron chi connectivity index (χ3n) is 6.99. The highest BCUT2D eigenvalue weighted by atomic mass is 35.5. The number of esters is 1. The number of H-pyrrole nitrogens is 1. The molecule has 0 fully saturated rings. The fraction of sp³-hybridized carbons (Fsp3) is 0.152. The molecule has 1 aromatic heterocycles. The first kappa shape index (κ1) is 30.2. The molecule has 0 saturated carbocycles. The van der Waals surface area contributed by atoms with Crippen LogP contribution in [0, 0.1) is 0 Å². The van der Waals surface area contributed by atoms with Crippen molar-refractivity contribution in [3.63, 3.8) is 0 Å². The molecule has 0 radical (unpaired) electrons. The quantitative estimate of drug-likeness (QED) is 0.174. The second-order valence-corrected chi connectivity index (χ2v) is 10.6. The number of aromatic amines is 1. The predicted molar refractivity (Wildman–Crippen MR) is 161 cm³/mol. The predicted octanol–water partition coefficient (Wildman–Crippen LogP) is 10.2. The van der Waals surface area contributed by atoms with Crippen molar-refractivity contribution in [3.05, 3.63) is 124 Å². The second kappa shape index (κ2) is 12.5. The van der Waals surface area contributed by atoms with E-state index in [4.69, 9.17) is 27.9 Å². The van der Waals surface area contributed by atoms with E-state index in [1.807, 2.05) is 30.3 Å². The van der Waals surface area contributed by atoms with Gasteiger partial charge >= 0.3 is 12.1 Å². The first-order valence-electron chi connectivity index (χ1n) is 13.3. The Hall–Kier alpha value is -4.27. The summed E-state index contributed by atoms with van der Waals surface area (Å²) in [6.45, 7) is 2.10. The average Bonchev–Trinajstić information content (AvgIpc) is 3.47. The van der Waals surface area contributed by atoms with E-state index in [0.717, 1.165) is 65.5 Å². The van der Waals surface area contributed by atoms with Gasteiger partial charge in [-0.2, -0.15) is 13.2 Å². The van der Waals surface area contributed by atoms with E-state index in [1.165, 1.54) is 0 Å². The molecule has 1 N–H and O–H groups in total. The highest BCUT2D eigenvalue weighted by Gasteiger charge is 2.36. The third-order valence-corrected chi connectivity index (χ3v) is 7.54. The van der Waals surface area contributed by atoms with Crippen LogP contribution in [0.4, 0.5) is 13.2 Å². The summed E-state index contributed by atoms with van der Waals surface area (Å²) < 4.78 is 50.2. The fourth-order valence-corrected chi connectivity index (χ4v) is 5.33. The monoisotopic (exact) mass is 624 g/mol. The van der Waals surface area contributed by atoms with Gasteiger partial charge < -0.3 is 14.5 Å². The Bertz CT molecular complexity index is 1750. The lowest BCUT2D eigenvalue weighted by molar-refractivity contribution is -0.138. The Labute approximate surface area is 256 Å². The van der Waals surface area contributed by atoms with Crippen molar-refractivity contribution >= 4 is 29.2 Å². The first-order chi connectivity index (χ1) is 20.6. The molecule has 43 heavy (non-hydrogen) atoms. The maximum absolute atomic E-state index is 13.3. The number of hydrogen-bond donors (Lipinski definition) is 1. The smallest absolute Gasteiger partial charge is 0.417 e. The number of methoxy groups -OCH3 is 1. The van der Waals surface area contributed by atoms with E-state index in [-0.39, 0.29) is 11.7 Å². The molecule has 0 aliphatic heterocycles. The summed E-state index contributed by atoms with van der Waals surface area (Å²) in [5.41, 5.74) is 2.92. The van der Waals surface area contributed by atoms with Crippen molar-refractivity contribution in [1.82, 2.24) is 9.97 Å². The van der Waals surface area contributed by atoms with Crippen LogP contribution in [-0.4, -0.2) is 23.0 Å². The third kappa shape index (κ3) is 6.71.